The lowest BCUT2D eigenvalue weighted by Crippen LogP contribution is -1.95. The number of fused-ring (bicyclic) bond motifs is 1. The Morgan fingerprint density at radius 3 is 3.00 bits per heavy atom. The van der Waals surface area contributed by atoms with Crippen LogP contribution in [0.25, 0.3) is 0 Å². The SMILES string of the molecule is CO/N=C1/CCc2cc(C=O)ccc21. The van der Waals surface area contributed by atoms with Gasteiger partial charge in [-0.25, -0.2) is 0 Å². The Morgan fingerprint density at radius 2 is 2.29 bits per heavy atom. The molecule has 3 nitrogen and oxygen atoms in total. The van der Waals surface area contributed by atoms with Crippen molar-refractivity contribution in [2.75, 3.05) is 7.11 Å². The minimum Gasteiger partial charge on any atom is -0.399 e. The van der Waals surface area contributed by atoms with Crippen LogP contribution in [-0.2, 0) is 11.3 Å². The molecule has 0 unspecified atom stereocenters. The van der Waals surface area contributed by atoms with Crippen molar-refractivity contribution in [1.29, 1.82) is 0 Å². The highest BCUT2D eigenvalue weighted by Gasteiger charge is 2.18. The number of carbonyl (C=O) groups excluding carboxylic acids is 1. The van der Waals surface area contributed by atoms with Gasteiger partial charge in [0.05, 0.1) is 5.71 Å². The molecule has 0 heterocycles. The van der Waals surface area contributed by atoms with E-state index in [1.165, 1.54) is 5.56 Å². The van der Waals surface area contributed by atoms with Crippen molar-refractivity contribution in [3.05, 3.63) is 34.9 Å². The topological polar surface area (TPSA) is 38.7 Å². The predicted octanol–water partition coefficient (Wildman–Crippen LogP) is 1.80. The van der Waals surface area contributed by atoms with Gasteiger partial charge in [0.15, 0.2) is 0 Å². The molecule has 1 aliphatic carbocycles. The summed E-state index contributed by atoms with van der Waals surface area (Å²) in [6.07, 6.45) is 2.70. The first kappa shape index (κ1) is 8.94. The summed E-state index contributed by atoms with van der Waals surface area (Å²) in [5.74, 6) is 0. The van der Waals surface area contributed by atoms with E-state index in [0.29, 0.717) is 0 Å². The predicted molar refractivity (Wildman–Crippen MR) is 53.7 cm³/mol. The number of hydrogen-bond donors (Lipinski definition) is 0. The van der Waals surface area contributed by atoms with Crippen molar-refractivity contribution >= 4 is 12.0 Å². The smallest absolute Gasteiger partial charge is 0.150 e. The average Bonchev–Trinajstić information content (AvgIpc) is 2.61. The van der Waals surface area contributed by atoms with E-state index in [4.69, 9.17) is 4.84 Å². The number of nitrogens with zero attached hydrogens (tertiary/aromatic N) is 1. The van der Waals surface area contributed by atoms with Gasteiger partial charge in [-0.2, -0.15) is 0 Å². The summed E-state index contributed by atoms with van der Waals surface area (Å²) in [5.41, 5.74) is 3.99. The summed E-state index contributed by atoms with van der Waals surface area (Å²) < 4.78 is 0. The zero-order valence-corrected chi connectivity index (χ0v) is 7.99. The van der Waals surface area contributed by atoms with Crippen molar-refractivity contribution in [3.8, 4) is 0 Å². The van der Waals surface area contributed by atoms with E-state index in [-0.39, 0.29) is 0 Å². The van der Waals surface area contributed by atoms with Gasteiger partial charge in [0.1, 0.15) is 13.4 Å². The molecular formula is C11H11NO2. The van der Waals surface area contributed by atoms with Gasteiger partial charge in [0, 0.05) is 11.1 Å². The summed E-state index contributed by atoms with van der Waals surface area (Å²) in [5, 5.41) is 3.95. The molecule has 1 aromatic rings. The third-order valence-electron chi connectivity index (χ3n) is 2.41. The van der Waals surface area contributed by atoms with Gasteiger partial charge in [-0.1, -0.05) is 17.3 Å². The number of benzene rings is 1. The second-order valence-electron chi connectivity index (χ2n) is 3.25. The van der Waals surface area contributed by atoms with Gasteiger partial charge in [-0.15, -0.1) is 0 Å². The molecule has 3 heteroatoms. The van der Waals surface area contributed by atoms with Crippen LogP contribution in [0.3, 0.4) is 0 Å². The van der Waals surface area contributed by atoms with Gasteiger partial charge >= 0.3 is 0 Å². The third-order valence-corrected chi connectivity index (χ3v) is 2.41. The number of aldehydes is 1. The summed E-state index contributed by atoms with van der Waals surface area (Å²) in [4.78, 5) is 15.3. The molecule has 72 valence electrons. The minimum atomic E-state index is 0.724. The van der Waals surface area contributed by atoms with E-state index in [1.54, 1.807) is 7.11 Å². The first-order valence-electron chi connectivity index (χ1n) is 4.53. The molecule has 0 N–H and O–H groups in total. The van der Waals surface area contributed by atoms with Crippen LogP contribution in [-0.4, -0.2) is 19.1 Å². The fourth-order valence-electron chi connectivity index (χ4n) is 1.77. The molecule has 0 radical (unpaired) electrons. The van der Waals surface area contributed by atoms with Crippen molar-refractivity contribution < 1.29 is 9.63 Å². The Balaban J connectivity index is 2.43. The van der Waals surface area contributed by atoms with Crippen LogP contribution in [0.4, 0.5) is 0 Å². The molecule has 2 rings (SSSR count). The van der Waals surface area contributed by atoms with E-state index in [0.717, 1.165) is 36.0 Å². The zero-order chi connectivity index (χ0) is 9.97. The second kappa shape index (κ2) is 3.62. The lowest BCUT2D eigenvalue weighted by atomic mass is 10.1. The molecule has 0 saturated heterocycles. The summed E-state index contributed by atoms with van der Waals surface area (Å²) in [6.45, 7) is 0. The molecule has 0 saturated carbocycles. The van der Waals surface area contributed by atoms with Gasteiger partial charge in [0.25, 0.3) is 0 Å². The third kappa shape index (κ3) is 1.41. The second-order valence-corrected chi connectivity index (χ2v) is 3.25. The zero-order valence-electron chi connectivity index (χ0n) is 7.99. The number of oxime groups is 1. The number of rotatable bonds is 2. The van der Waals surface area contributed by atoms with Crippen LogP contribution in [0, 0.1) is 0 Å². The van der Waals surface area contributed by atoms with Crippen LogP contribution in [0.1, 0.15) is 27.9 Å². The Bertz CT molecular complexity index is 396. The molecule has 0 bridgehead atoms. The van der Waals surface area contributed by atoms with Crippen LogP contribution in [0.2, 0.25) is 0 Å². The molecule has 0 spiro atoms. The molecule has 1 aliphatic rings. The van der Waals surface area contributed by atoms with E-state index >= 15 is 0 Å². The molecular weight excluding hydrogens is 178 g/mol. The number of hydrogen-bond acceptors (Lipinski definition) is 3. The minimum absolute atomic E-state index is 0.724. The number of aryl methyl sites for hydroxylation is 1. The molecule has 0 aromatic heterocycles. The van der Waals surface area contributed by atoms with Crippen molar-refractivity contribution in [2.45, 2.75) is 12.8 Å². The summed E-state index contributed by atoms with van der Waals surface area (Å²) >= 11 is 0. The highest BCUT2D eigenvalue weighted by molar-refractivity contribution is 6.04. The highest BCUT2D eigenvalue weighted by atomic mass is 16.6. The maximum Gasteiger partial charge on any atom is 0.150 e. The molecule has 0 atom stereocenters. The molecule has 0 amide bonds. The Kier molecular flexibility index (Phi) is 2.31. The standard InChI is InChI=1S/C11H11NO2/c1-14-12-11-5-3-9-6-8(7-13)2-4-10(9)11/h2,4,6-7H,3,5H2,1H3/b12-11-. The maximum atomic E-state index is 10.6. The van der Waals surface area contributed by atoms with Gasteiger partial charge < -0.3 is 4.84 Å². The maximum absolute atomic E-state index is 10.6. The summed E-state index contributed by atoms with van der Waals surface area (Å²) in [6, 6.07) is 5.66. The van der Waals surface area contributed by atoms with Crippen LogP contribution in [0.15, 0.2) is 23.4 Å². The quantitative estimate of drug-likeness (QED) is 0.525. The van der Waals surface area contributed by atoms with Crippen molar-refractivity contribution in [2.24, 2.45) is 5.16 Å². The Labute approximate surface area is 82.4 Å². The van der Waals surface area contributed by atoms with Gasteiger partial charge in [-0.3, -0.25) is 4.79 Å². The van der Waals surface area contributed by atoms with Gasteiger partial charge in [0.2, 0.25) is 0 Å². The van der Waals surface area contributed by atoms with Crippen molar-refractivity contribution in [1.82, 2.24) is 0 Å². The molecule has 0 aliphatic heterocycles. The van der Waals surface area contributed by atoms with E-state index in [2.05, 4.69) is 5.16 Å². The first-order valence-corrected chi connectivity index (χ1v) is 4.53. The largest absolute Gasteiger partial charge is 0.399 e. The monoisotopic (exact) mass is 189 g/mol. The number of carbonyl (C=O) groups is 1. The van der Waals surface area contributed by atoms with Crippen LogP contribution in [0.5, 0.6) is 0 Å². The molecule has 0 fully saturated rings. The highest BCUT2D eigenvalue weighted by Crippen LogP contribution is 2.23. The fourth-order valence-corrected chi connectivity index (χ4v) is 1.77. The first-order chi connectivity index (χ1) is 6.85. The fraction of sp³-hybridized carbons (Fsp3) is 0.273. The Morgan fingerprint density at radius 1 is 1.43 bits per heavy atom. The lowest BCUT2D eigenvalue weighted by molar-refractivity contribution is 0.112. The van der Waals surface area contributed by atoms with Crippen molar-refractivity contribution in [3.63, 3.8) is 0 Å². The van der Waals surface area contributed by atoms with Gasteiger partial charge in [-0.05, 0) is 24.5 Å². The van der Waals surface area contributed by atoms with E-state index in [9.17, 15) is 4.79 Å². The lowest BCUT2D eigenvalue weighted by Gasteiger charge is -1.99. The Hall–Kier alpha value is -1.64. The summed E-state index contributed by atoms with van der Waals surface area (Å²) in [7, 11) is 1.55. The average molecular weight is 189 g/mol. The van der Waals surface area contributed by atoms with Crippen LogP contribution >= 0.6 is 0 Å². The van der Waals surface area contributed by atoms with E-state index in [1.807, 2.05) is 18.2 Å². The molecule has 14 heavy (non-hydrogen) atoms. The van der Waals surface area contributed by atoms with E-state index < -0.39 is 0 Å². The molecule has 1 aromatic carbocycles. The van der Waals surface area contributed by atoms with Crippen LogP contribution < -0.4 is 0 Å². The normalized spacial score (nSPS) is 16.8.